The minimum atomic E-state index is -0.462. The Hall–Kier alpha value is -3.34. The largest absolute Gasteiger partial charge is 0.459 e. The first kappa shape index (κ1) is 15.2. The number of benzene rings is 2. The van der Waals surface area contributed by atoms with Crippen molar-refractivity contribution in [3.63, 3.8) is 0 Å². The van der Waals surface area contributed by atoms with E-state index in [0.29, 0.717) is 16.7 Å². The van der Waals surface area contributed by atoms with Gasteiger partial charge in [-0.15, -0.1) is 0 Å². The maximum atomic E-state index is 12.5. The first-order valence-electron chi connectivity index (χ1n) is 7.94. The second-order valence-corrected chi connectivity index (χ2v) is 5.85. The molecular weight excluding hydrogens is 318 g/mol. The lowest BCUT2D eigenvalue weighted by molar-refractivity contribution is 0.0908. The van der Waals surface area contributed by atoms with E-state index in [1.165, 1.54) is 6.07 Å². The van der Waals surface area contributed by atoms with Crippen LogP contribution in [0.15, 0.2) is 74.3 Å². The van der Waals surface area contributed by atoms with Crippen molar-refractivity contribution in [2.24, 2.45) is 0 Å². The van der Waals surface area contributed by atoms with Crippen molar-refractivity contribution in [2.75, 3.05) is 0 Å². The normalized spacial score (nSPS) is 12.4. The van der Waals surface area contributed by atoms with E-state index in [9.17, 15) is 9.59 Å². The molecule has 2 aromatic carbocycles. The summed E-state index contributed by atoms with van der Waals surface area (Å²) in [4.78, 5) is 24.6. The molecule has 0 spiro atoms. The Morgan fingerprint density at radius 3 is 2.48 bits per heavy atom. The lowest BCUT2D eigenvalue weighted by atomic mass is 10.2. The Labute approximate surface area is 142 Å². The molecule has 2 heterocycles. The summed E-state index contributed by atoms with van der Waals surface area (Å²) >= 11 is 0. The molecule has 5 heteroatoms. The van der Waals surface area contributed by atoms with Gasteiger partial charge in [-0.25, -0.2) is 0 Å². The van der Waals surface area contributed by atoms with Crippen LogP contribution < -0.4 is 10.7 Å². The number of hydrogen-bond donors (Lipinski definition) is 1. The van der Waals surface area contributed by atoms with Gasteiger partial charge in [0.15, 0.2) is 11.2 Å². The molecule has 1 atom stereocenters. The number of hydrogen-bond acceptors (Lipinski definition) is 4. The number of para-hydroxylation sites is 2. The highest BCUT2D eigenvalue weighted by molar-refractivity contribution is 5.93. The van der Waals surface area contributed by atoms with Gasteiger partial charge in [-0.2, -0.15) is 0 Å². The third-order valence-electron chi connectivity index (χ3n) is 4.08. The fourth-order valence-electron chi connectivity index (χ4n) is 2.77. The predicted molar refractivity (Wildman–Crippen MR) is 94.6 cm³/mol. The van der Waals surface area contributed by atoms with Gasteiger partial charge in [0.25, 0.3) is 5.91 Å². The van der Waals surface area contributed by atoms with Crippen LogP contribution >= 0.6 is 0 Å². The van der Waals surface area contributed by atoms with Gasteiger partial charge in [0.2, 0.25) is 0 Å². The second kappa shape index (κ2) is 5.94. The Morgan fingerprint density at radius 2 is 1.68 bits per heavy atom. The molecule has 0 aliphatic rings. The van der Waals surface area contributed by atoms with Gasteiger partial charge < -0.3 is 14.2 Å². The molecule has 2 aromatic heterocycles. The zero-order chi connectivity index (χ0) is 17.4. The van der Waals surface area contributed by atoms with Gasteiger partial charge in [0.1, 0.15) is 16.9 Å². The lowest BCUT2D eigenvalue weighted by Gasteiger charge is -2.11. The van der Waals surface area contributed by atoms with Crippen LogP contribution in [0.5, 0.6) is 0 Å². The molecule has 0 aliphatic carbocycles. The third kappa shape index (κ3) is 2.80. The third-order valence-corrected chi connectivity index (χ3v) is 4.08. The van der Waals surface area contributed by atoms with Crippen LogP contribution in [0.1, 0.15) is 29.3 Å². The molecule has 5 nitrogen and oxygen atoms in total. The Balaban J connectivity index is 1.62. The van der Waals surface area contributed by atoms with Gasteiger partial charge in [-0.1, -0.05) is 30.3 Å². The van der Waals surface area contributed by atoms with E-state index in [2.05, 4.69) is 5.32 Å². The molecule has 124 valence electrons. The first-order chi connectivity index (χ1) is 12.1. The average molecular weight is 333 g/mol. The molecule has 0 fully saturated rings. The molecule has 1 N–H and O–H groups in total. The Morgan fingerprint density at radius 1 is 0.960 bits per heavy atom. The minimum Gasteiger partial charge on any atom is -0.459 e. The topological polar surface area (TPSA) is 72.5 Å². The number of carbonyl (C=O) groups is 1. The molecule has 0 radical (unpaired) electrons. The summed E-state index contributed by atoms with van der Waals surface area (Å²) in [6.07, 6.45) is 0. The van der Waals surface area contributed by atoms with Crippen molar-refractivity contribution in [1.82, 2.24) is 5.32 Å². The van der Waals surface area contributed by atoms with E-state index in [-0.39, 0.29) is 17.2 Å². The zero-order valence-corrected chi connectivity index (χ0v) is 13.5. The summed E-state index contributed by atoms with van der Waals surface area (Å²) in [7, 11) is 0. The number of fused-ring (bicyclic) bond motifs is 2. The van der Waals surface area contributed by atoms with Gasteiger partial charge in [0, 0.05) is 11.5 Å². The highest BCUT2D eigenvalue weighted by Crippen LogP contribution is 2.24. The summed E-state index contributed by atoms with van der Waals surface area (Å²) in [6, 6.07) is 17.2. The van der Waals surface area contributed by atoms with Gasteiger partial charge in [0.05, 0.1) is 11.4 Å². The van der Waals surface area contributed by atoms with Crippen LogP contribution in [0.25, 0.3) is 21.9 Å². The van der Waals surface area contributed by atoms with Crippen LogP contribution in [0.2, 0.25) is 0 Å². The molecule has 0 saturated carbocycles. The van der Waals surface area contributed by atoms with Crippen molar-refractivity contribution in [3.8, 4) is 0 Å². The van der Waals surface area contributed by atoms with Gasteiger partial charge in [-0.05, 0) is 31.2 Å². The highest BCUT2D eigenvalue weighted by Gasteiger charge is 2.18. The summed E-state index contributed by atoms with van der Waals surface area (Å²) in [6.45, 7) is 1.81. The van der Waals surface area contributed by atoms with Gasteiger partial charge in [-0.3, -0.25) is 9.59 Å². The van der Waals surface area contributed by atoms with E-state index in [1.807, 2.05) is 37.3 Å². The molecule has 0 bridgehead atoms. The predicted octanol–water partition coefficient (Wildman–Crippen LogP) is 4.03. The van der Waals surface area contributed by atoms with Crippen LogP contribution in [0, 0.1) is 0 Å². The number of amides is 1. The summed E-state index contributed by atoms with van der Waals surface area (Å²) < 4.78 is 11.3. The smallest absolute Gasteiger partial charge is 0.287 e. The van der Waals surface area contributed by atoms with Crippen LogP contribution in [0.4, 0.5) is 0 Å². The monoisotopic (exact) mass is 333 g/mol. The quantitative estimate of drug-likeness (QED) is 0.614. The number of nitrogens with one attached hydrogen (secondary N) is 1. The van der Waals surface area contributed by atoms with E-state index in [1.54, 1.807) is 24.3 Å². The van der Waals surface area contributed by atoms with Crippen molar-refractivity contribution < 1.29 is 13.6 Å². The molecule has 25 heavy (non-hydrogen) atoms. The molecule has 4 rings (SSSR count). The first-order valence-corrected chi connectivity index (χ1v) is 7.94. The van der Waals surface area contributed by atoms with E-state index in [0.717, 1.165) is 11.0 Å². The van der Waals surface area contributed by atoms with Gasteiger partial charge >= 0.3 is 0 Å². The lowest BCUT2D eigenvalue weighted by Crippen LogP contribution is -2.27. The molecule has 1 amide bonds. The maximum Gasteiger partial charge on any atom is 0.287 e. The molecule has 0 aliphatic heterocycles. The highest BCUT2D eigenvalue weighted by atomic mass is 16.3. The number of carbonyl (C=O) groups excluding carboxylic acids is 1. The maximum absolute atomic E-state index is 12.5. The molecular formula is C20H15NO4. The second-order valence-electron chi connectivity index (χ2n) is 5.85. The standard InChI is InChI=1S/C20H15NO4/c1-12(18-10-13-6-2-4-8-16(13)24-18)21-20(23)19-11-15(22)14-7-3-5-9-17(14)25-19/h2-12H,1H3,(H,21,23). The van der Waals surface area contributed by atoms with Crippen molar-refractivity contribution in [2.45, 2.75) is 13.0 Å². The molecule has 1 unspecified atom stereocenters. The minimum absolute atomic E-state index is 0.0216. The summed E-state index contributed by atoms with van der Waals surface area (Å²) in [5, 5.41) is 4.22. The van der Waals surface area contributed by atoms with Crippen LogP contribution in [-0.2, 0) is 0 Å². The average Bonchev–Trinajstić information content (AvgIpc) is 3.06. The van der Waals surface area contributed by atoms with E-state index in [4.69, 9.17) is 8.83 Å². The molecule has 0 saturated heterocycles. The van der Waals surface area contributed by atoms with Crippen molar-refractivity contribution in [3.05, 3.63) is 82.4 Å². The number of furan rings is 1. The summed E-state index contributed by atoms with van der Waals surface area (Å²) in [5.41, 5.74) is 0.899. The van der Waals surface area contributed by atoms with Crippen LogP contribution in [-0.4, -0.2) is 5.91 Å². The number of rotatable bonds is 3. The zero-order valence-electron chi connectivity index (χ0n) is 13.5. The van der Waals surface area contributed by atoms with Crippen molar-refractivity contribution >= 4 is 27.8 Å². The fraction of sp³-hybridized carbons (Fsp3) is 0.100. The van der Waals surface area contributed by atoms with E-state index < -0.39 is 5.91 Å². The molecule has 4 aromatic rings. The fourth-order valence-corrected chi connectivity index (χ4v) is 2.77. The summed E-state index contributed by atoms with van der Waals surface area (Å²) in [5.74, 6) is 0.153. The Kier molecular flexibility index (Phi) is 3.61. The Bertz CT molecular complexity index is 1110. The van der Waals surface area contributed by atoms with E-state index >= 15 is 0 Å². The SMILES string of the molecule is CC(NC(=O)c1cc(=O)c2ccccc2o1)c1cc2ccccc2o1. The van der Waals surface area contributed by atoms with Crippen LogP contribution in [0.3, 0.4) is 0 Å². The van der Waals surface area contributed by atoms with Crippen molar-refractivity contribution in [1.29, 1.82) is 0 Å².